The lowest BCUT2D eigenvalue weighted by molar-refractivity contribution is -0.102. The van der Waals surface area contributed by atoms with Crippen LogP contribution in [0.1, 0.15) is 19.3 Å². The van der Waals surface area contributed by atoms with Crippen LogP contribution in [0.2, 0.25) is 0 Å². The van der Waals surface area contributed by atoms with Gasteiger partial charge in [0.15, 0.2) is 0 Å². The number of ether oxygens (including phenoxy) is 4. The van der Waals surface area contributed by atoms with E-state index in [0.29, 0.717) is 19.3 Å². The van der Waals surface area contributed by atoms with Crippen molar-refractivity contribution >= 4 is 23.5 Å². The molecule has 3 unspecified atom stereocenters. The van der Waals surface area contributed by atoms with E-state index in [4.69, 9.17) is 32.5 Å². The van der Waals surface area contributed by atoms with Crippen LogP contribution < -0.4 is 0 Å². The van der Waals surface area contributed by atoms with Crippen molar-refractivity contribution in [2.45, 2.75) is 19.3 Å². The van der Waals surface area contributed by atoms with E-state index >= 15 is 0 Å². The molecule has 0 fully saturated rings. The second kappa shape index (κ2) is 20.1. The van der Waals surface area contributed by atoms with Crippen LogP contribution in [-0.4, -0.2) is 109 Å². The lowest BCUT2D eigenvalue weighted by atomic mass is 9.92. The quantitative estimate of drug-likeness (QED) is 0.0953. The number of phosphoric ester groups is 3. The lowest BCUT2D eigenvalue weighted by Gasteiger charge is -2.32. The minimum Gasteiger partial charge on any atom is -0.384 e. The molecule has 3 N–H and O–H groups in total. The predicted molar refractivity (Wildman–Crippen MR) is 129 cm³/mol. The molecular formula is C18H41O16P3. The maximum Gasteiger partial charge on any atom is 0.471 e. The van der Waals surface area contributed by atoms with Crippen LogP contribution in [0.5, 0.6) is 0 Å². The first kappa shape index (κ1) is 37.2. The normalized spacial score (nSPS) is 18.6. The van der Waals surface area contributed by atoms with Crippen molar-refractivity contribution in [3.8, 4) is 0 Å². The van der Waals surface area contributed by atoms with Crippen LogP contribution >= 0.6 is 23.5 Å². The van der Waals surface area contributed by atoms with E-state index in [1.165, 1.54) is 7.11 Å². The Morgan fingerprint density at radius 2 is 0.811 bits per heavy atom. The highest BCUT2D eigenvalue weighted by atomic mass is 31.2. The minimum atomic E-state index is -4.06. The van der Waals surface area contributed by atoms with Crippen molar-refractivity contribution in [2.24, 2.45) is 5.41 Å². The Hall–Kier alpha value is 0.170. The maximum atomic E-state index is 11.3. The SMILES string of the molecule is COCC(COCCCOP(=O)(O)OC)(COCCCOP(=O)(O)OC)COCCCOP(=O)(O)OC. The summed E-state index contributed by atoms with van der Waals surface area (Å²) in [7, 11) is -7.48. The highest BCUT2D eigenvalue weighted by Crippen LogP contribution is 2.43. The van der Waals surface area contributed by atoms with Gasteiger partial charge in [-0.15, -0.1) is 0 Å². The van der Waals surface area contributed by atoms with E-state index in [0.717, 1.165) is 21.3 Å². The largest absolute Gasteiger partial charge is 0.471 e. The zero-order valence-corrected chi connectivity index (χ0v) is 24.4. The molecule has 0 saturated carbocycles. The van der Waals surface area contributed by atoms with Gasteiger partial charge in [0.25, 0.3) is 0 Å². The van der Waals surface area contributed by atoms with Crippen molar-refractivity contribution in [3.63, 3.8) is 0 Å². The Balaban J connectivity index is 4.75. The summed E-state index contributed by atoms with van der Waals surface area (Å²) in [6.45, 7) is 1.03. The van der Waals surface area contributed by atoms with Gasteiger partial charge in [0.2, 0.25) is 0 Å². The Bertz CT molecular complexity index is 635. The van der Waals surface area contributed by atoms with Crippen LogP contribution in [0.3, 0.4) is 0 Å². The molecule has 0 aliphatic rings. The van der Waals surface area contributed by atoms with Gasteiger partial charge in [0.05, 0.1) is 51.7 Å². The monoisotopic (exact) mass is 606 g/mol. The van der Waals surface area contributed by atoms with Gasteiger partial charge in [-0.3, -0.25) is 27.1 Å². The topological polar surface area (TPSA) is 204 Å². The summed E-state index contributed by atoms with van der Waals surface area (Å²) in [4.78, 5) is 27.7. The van der Waals surface area contributed by atoms with E-state index < -0.39 is 28.9 Å². The molecule has 0 bridgehead atoms. The second-order valence-electron chi connectivity index (χ2n) is 7.60. The summed E-state index contributed by atoms with van der Waals surface area (Å²) in [5.41, 5.74) is -0.756. The molecule has 0 aromatic rings. The first-order valence-corrected chi connectivity index (χ1v) is 15.7. The number of rotatable bonds is 26. The van der Waals surface area contributed by atoms with Gasteiger partial charge in [-0.1, -0.05) is 0 Å². The molecule has 3 atom stereocenters. The zero-order valence-electron chi connectivity index (χ0n) is 21.7. The highest BCUT2D eigenvalue weighted by molar-refractivity contribution is 7.47. The number of phosphoric acid groups is 3. The molecule has 0 aliphatic heterocycles. The molecule has 0 spiro atoms. The third-order valence-electron chi connectivity index (χ3n) is 4.43. The average molecular weight is 606 g/mol. The zero-order chi connectivity index (χ0) is 28.3. The maximum absolute atomic E-state index is 11.3. The van der Waals surface area contributed by atoms with E-state index in [1.807, 2.05) is 0 Å². The number of hydrogen-bond donors (Lipinski definition) is 3. The summed E-state index contributed by atoms with van der Waals surface area (Å²) < 4.78 is 83.7. The van der Waals surface area contributed by atoms with E-state index in [1.54, 1.807) is 0 Å². The van der Waals surface area contributed by atoms with Gasteiger partial charge in [0, 0.05) is 48.3 Å². The fourth-order valence-corrected chi connectivity index (χ4v) is 4.00. The first-order valence-electron chi connectivity index (χ1n) is 11.2. The number of hydrogen-bond acceptors (Lipinski definition) is 13. The summed E-state index contributed by atoms with van der Waals surface area (Å²) >= 11 is 0. The van der Waals surface area contributed by atoms with Crippen molar-refractivity contribution < 1.29 is 74.5 Å². The standard InChI is InChI=1S/C18H41O16P3/c1-25-14-18(15-29-8-5-11-32-35(19,20)26-2,16-30-9-6-12-33-36(21,22)27-3)17-31-10-7-13-34-37(23,24)28-4/h5-17H2,1-4H3,(H,19,20)(H,21,22)(H,23,24). The van der Waals surface area contributed by atoms with Crippen LogP contribution in [0.4, 0.5) is 0 Å². The molecule has 0 saturated heterocycles. The third kappa shape index (κ3) is 19.8. The Labute approximate surface area is 217 Å². The average Bonchev–Trinajstić information content (AvgIpc) is 2.85. The lowest BCUT2D eigenvalue weighted by Crippen LogP contribution is -2.42. The van der Waals surface area contributed by atoms with Crippen LogP contribution in [0, 0.1) is 5.41 Å². The molecule has 0 rings (SSSR count). The van der Waals surface area contributed by atoms with E-state index in [9.17, 15) is 28.4 Å². The predicted octanol–water partition coefficient (Wildman–Crippen LogP) is 2.13. The van der Waals surface area contributed by atoms with Crippen molar-refractivity contribution in [1.29, 1.82) is 0 Å². The van der Waals surface area contributed by atoms with Crippen LogP contribution in [-0.2, 0) is 59.8 Å². The Kier molecular flexibility index (Phi) is 20.2. The van der Waals surface area contributed by atoms with Crippen molar-refractivity contribution in [3.05, 3.63) is 0 Å². The fraction of sp³-hybridized carbons (Fsp3) is 1.00. The van der Waals surface area contributed by atoms with Gasteiger partial charge in [0.1, 0.15) is 0 Å². The Morgan fingerprint density at radius 1 is 0.514 bits per heavy atom. The highest BCUT2D eigenvalue weighted by Gasteiger charge is 2.32. The molecule has 16 nitrogen and oxygen atoms in total. The molecule has 224 valence electrons. The van der Waals surface area contributed by atoms with Crippen LogP contribution in [0.25, 0.3) is 0 Å². The molecule has 37 heavy (non-hydrogen) atoms. The summed E-state index contributed by atoms with van der Waals surface area (Å²) in [5.74, 6) is 0. The molecule has 0 aliphatic carbocycles. The van der Waals surface area contributed by atoms with Gasteiger partial charge >= 0.3 is 23.5 Å². The van der Waals surface area contributed by atoms with Gasteiger partial charge in [-0.25, -0.2) is 13.7 Å². The molecule has 0 heterocycles. The van der Waals surface area contributed by atoms with Crippen molar-refractivity contribution in [1.82, 2.24) is 0 Å². The van der Waals surface area contributed by atoms with Gasteiger partial charge in [-0.05, 0) is 19.3 Å². The molecule has 0 radical (unpaired) electrons. The van der Waals surface area contributed by atoms with Gasteiger partial charge < -0.3 is 33.6 Å². The third-order valence-corrected chi connectivity index (χ3v) is 7.34. The van der Waals surface area contributed by atoms with Crippen molar-refractivity contribution in [2.75, 3.05) is 94.5 Å². The second-order valence-corrected chi connectivity index (χ2v) is 12.3. The molecule has 0 amide bonds. The minimum absolute atomic E-state index is 0.0573. The molecule has 0 aromatic heterocycles. The number of methoxy groups -OCH3 is 1. The first-order chi connectivity index (χ1) is 17.4. The molecule has 19 heteroatoms. The van der Waals surface area contributed by atoms with E-state index in [-0.39, 0.29) is 66.1 Å². The summed E-state index contributed by atoms with van der Waals surface area (Å²) in [6.07, 6.45) is 0.943. The summed E-state index contributed by atoms with van der Waals surface area (Å²) in [5, 5.41) is 0. The molecular weight excluding hydrogens is 565 g/mol. The van der Waals surface area contributed by atoms with Crippen LogP contribution in [0.15, 0.2) is 0 Å². The van der Waals surface area contributed by atoms with E-state index in [2.05, 4.69) is 13.6 Å². The fourth-order valence-electron chi connectivity index (χ4n) is 2.60. The smallest absolute Gasteiger partial charge is 0.384 e. The molecule has 0 aromatic carbocycles. The van der Waals surface area contributed by atoms with Gasteiger partial charge in [-0.2, -0.15) is 0 Å². The Morgan fingerprint density at radius 3 is 1.05 bits per heavy atom. The summed E-state index contributed by atoms with van der Waals surface area (Å²) in [6, 6.07) is 0.